The maximum Gasteiger partial charge on any atom is 0.239 e. The van der Waals surface area contributed by atoms with Crippen molar-refractivity contribution in [3.63, 3.8) is 0 Å². The third kappa shape index (κ3) is 4.80. The van der Waals surface area contributed by atoms with E-state index in [0.717, 1.165) is 13.0 Å². The molecule has 0 bridgehead atoms. The third-order valence-electron chi connectivity index (χ3n) is 2.09. The fourth-order valence-electron chi connectivity index (χ4n) is 1.31. The van der Waals surface area contributed by atoms with Crippen molar-refractivity contribution < 1.29 is 14.3 Å². The van der Waals surface area contributed by atoms with Gasteiger partial charge in [-0.2, -0.15) is 0 Å². The number of rotatable bonds is 6. The monoisotopic (exact) mass is 214 g/mol. The summed E-state index contributed by atoms with van der Waals surface area (Å²) in [6.07, 6.45) is 2.18. The topological polar surface area (TPSA) is 59.6 Å². The number of ether oxygens (including phenoxy) is 2. The Balaban J connectivity index is 2.04. The van der Waals surface area contributed by atoms with E-state index >= 15 is 0 Å². The Morgan fingerprint density at radius 2 is 2.60 bits per heavy atom. The second-order valence-corrected chi connectivity index (χ2v) is 3.26. The quantitative estimate of drug-likeness (QED) is 0.468. The predicted octanol–water partition coefficient (Wildman–Crippen LogP) is -0.359. The molecule has 0 spiro atoms. The number of amides is 1. The number of hydrogen-bond donors (Lipinski definition) is 2. The predicted molar refractivity (Wildman–Crippen MR) is 56.4 cm³/mol. The fourth-order valence-corrected chi connectivity index (χ4v) is 1.31. The Labute approximate surface area is 89.8 Å². The molecule has 0 aromatic heterocycles. The molecule has 1 heterocycles. The Morgan fingerprint density at radius 3 is 3.27 bits per heavy atom. The van der Waals surface area contributed by atoms with Crippen LogP contribution in [-0.2, 0) is 14.3 Å². The fraction of sp³-hybridized carbons (Fsp3) is 0.700. The molecule has 1 amide bonds. The Kier molecular flexibility index (Phi) is 5.80. The minimum Gasteiger partial charge on any atom is -0.502 e. The average Bonchev–Trinajstić information content (AvgIpc) is 2.30. The molecule has 1 unspecified atom stereocenters. The molecule has 1 atom stereocenters. The van der Waals surface area contributed by atoms with E-state index in [9.17, 15) is 4.79 Å². The van der Waals surface area contributed by atoms with Gasteiger partial charge in [-0.05, 0) is 6.42 Å². The maximum atomic E-state index is 11.5. The summed E-state index contributed by atoms with van der Waals surface area (Å²) in [4.78, 5) is 11.5. The van der Waals surface area contributed by atoms with Crippen molar-refractivity contribution >= 4 is 5.91 Å². The van der Waals surface area contributed by atoms with E-state index in [1.54, 1.807) is 0 Å². The average molecular weight is 214 g/mol. The second-order valence-electron chi connectivity index (χ2n) is 3.26. The van der Waals surface area contributed by atoms with Crippen molar-refractivity contribution in [2.45, 2.75) is 12.5 Å². The van der Waals surface area contributed by atoms with Gasteiger partial charge in [-0.1, -0.05) is 6.58 Å². The van der Waals surface area contributed by atoms with E-state index in [0.29, 0.717) is 26.4 Å². The highest BCUT2D eigenvalue weighted by molar-refractivity contribution is 5.81. The molecule has 0 aromatic carbocycles. The molecule has 1 fully saturated rings. The summed E-state index contributed by atoms with van der Waals surface area (Å²) in [6.45, 7) is 6.49. The van der Waals surface area contributed by atoms with Crippen LogP contribution in [0, 0.1) is 0 Å². The largest absolute Gasteiger partial charge is 0.502 e. The van der Waals surface area contributed by atoms with Gasteiger partial charge in [0.25, 0.3) is 0 Å². The molecule has 0 radical (unpaired) electrons. The number of nitrogens with one attached hydrogen (secondary N) is 2. The summed E-state index contributed by atoms with van der Waals surface area (Å²) in [6, 6.07) is -0.209. The minimum atomic E-state index is -0.209. The van der Waals surface area contributed by atoms with Crippen molar-refractivity contribution in [2.75, 3.05) is 32.9 Å². The highest BCUT2D eigenvalue weighted by Crippen LogP contribution is 1.93. The zero-order valence-corrected chi connectivity index (χ0v) is 8.83. The molecule has 0 saturated carbocycles. The molecule has 15 heavy (non-hydrogen) atoms. The lowest BCUT2D eigenvalue weighted by Crippen LogP contribution is -2.51. The summed E-state index contributed by atoms with van der Waals surface area (Å²) in [7, 11) is 0. The minimum absolute atomic E-state index is 0.00620. The first-order chi connectivity index (χ1) is 7.34. The summed E-state index contributed by atoms with van der Waals surface area (Å²) in [5, 5.41) is 5.90. The number of morpholine rings is 1. The lowest BCUT2D eigenvalue weighted by molar-refractivity contribution is -0.125. The summed E-state index contributed by atoms with van der Waals surface area (Å²) < 4.78 is 10.1. The lowest BCUT2D eigenvalue weighted by atomic mass is 10.2. The van der Waals surface area contributed by atoms with Crippen molar-refractivity contribution in [1.82, 2.24) is 10.6 Å². The zero-order chi connectivity index (χ0) is 10.9. The van der Waals surface area contributed by atoms with Gasteiger partial charge in [0.15, 0.2) is 0 Å². The van der Waals surface area contributed by atoms with Crippen molar-refractivity contribution in [2.24, 2.45) is 0 Å². The van der Waals surface area contributed by atoms with Crippen LogP contribution in [-0.4, -0.2) is 44.9 Å². The van der Waals surface area contributed by atoms with Crippen molar-refractivity contribution in [3.8, 4) is 0 Å². The Morgan fingerprint density at radius 1 is 1.73 bits per heavy atom. The molecule has 1 rings (SSSR count). The van der Waals surface area contributed by atoms with Crippen molar-refractivity contribution in [1.29, 1.82) is 0 Å². The van der Waals surface area contributed by atoms with Crippen LogP contribution in [0.15, 0.2) is 12.8 Å². The third-order valence-corrected chi connectivity index (χ3v) is 2.09. The first-order valence-corrected chi connectivity index (χ1v) is 5.16. The van der Waals surface area contributed by atoms with Gasteiger partial charge in [0.1, 0.15) is 6.04 Å². The molecular weight excluding hydrogens is 196 g/mol. The molecule has 1 saturated heterocycles. The maximum absolute atomic E-state index is 11.5. The van der Waals surface area contributed by atoms with Crippen LogP contribution < -0.4 is 10.6 Å². The van der Waals surface area contributed by atoms with Gasteiger partial charge in [-0.25, -0.2) is 0 Å². The molecule has 5 heteroatoms. The van der Waals surface area contributed by atoms with E-state index in [4.69, 9.17) is 9.47 Å². The van der Waals surface area contributed by atoms with E-state index in [-0.39, 0.29) is 11.9 Å². The smallest absolute Gasteiger partial charge is 0.239 e. The van der Waals surface area contributed by atoms with Gasteiger partial charge in [0, 0.05) is 13.1 Å². The molecule has 1 aliphatic heterocycles. The van der Waals surface area contributed by atoms with Gasteiger partial charge in [0.05, 0.1) is 26.1 Å². The first-order valence-electron chi connectivity index (χ1n) is 5.16. The van der Waals surface area contributed by atoms with Crippen molar-refractivity contribution in [3.05, 3.63) is 12.8 Å². The van der Waals surface area contributed by atoms with Crippen LogP contribution in [0.25, 0.3) is 0 Å². The van der Waals surface area contributed by atoms with E-state index in [2.05, 4.69) is 17.2 Å². The summed E-state index contributed by atoms with van der Waals surface area (Å²) in [5.41, 5.74) is 0. The Hall–Kier alpha value is -1.07. The number of hydrogen-bond acceptors (Lipinski definition) is 4. The normalized spacial score (nSPS) is 20.7. The molecule has 1 aliphatic rings. The van der Waals surface area contributed by atoms with E-state index in [1.807, 2.05) is 0 Å². The van der Waals surface area contributed by atoms with Crippen LogP contribution in [0.5, 0.6) is 0 Å². The Bertz CT molecular complexity index is 203. The number of carbonyl (C=O) groups is 1. The molecule has 0 aliphatic carbocycles. The molecule has 0 aromatic rings. The van der Waals surface area contributed by atoms with Crippen LogP contribution in [0.1, 0.15) is 6.42 Å². The zero-order valence-electron chi connectivity index (χ0n) is 8.83. The number of carbonyl (C=O) groups excluding carboxylic acids is 1. The lowest BCUT2D eigenvalue weighted by Gasteiger charge is -2.22. The van der Waals surface area contributed by atoms with Gasteiger partial charge in [-0.15, -0.1) is 0 Å². The van der Waals surface area contributed by atoms with Gasteiger partial charge in [0.2, 0.25) is 5.91 Å². The molecule has 5 nitrogen and oxygen atoms in total. The first kappa shape index (κ1) is 12.0. The highest BCUT2D eigenvalue weighted by atomic mass is 16.5. The molecular formula is C10H18N2O3. The molecule has 2 N–H and O–H groups in total. The van der Waals surface area contributed by atoms with Gasteiger partial charge < -0.3 is 20.1 Å². The molecule has 86 valence electrons. The van der Waals surface area contributed by atoms with Gasteiger partial charge >= 0.3 is 0 Å². The highest BCUT2D eigenvalue weighted by Gasteiger charge is 2.20. The van der Waals surface area contributed by atoms with Crippen LogP contribution in [0.4, 0.5) is 0 Å². The van der Waals surface area contributed by atoms with E-state index in [1.165, 1.54) is 6.26 Å². The second kappa shape index (κ2) is 7.25. The van der Waals surface area contributed by atoms with Gasteiger partial charge in [-0.3, -0.25) is 4.79 Å². The van der Waals surface area contributed by atoms with Crippen LogP contribution in [0.2, 0.25) is 0 Å². The summed E-state index contributed by atoms with van der Waals surface area (Å²) in [5.74, 6) is -0.00620. The van der Waals surface area contributed by atoms with Crippen LogP contribution in [0.3, 0.4) is 0 Å². The SMILES string of the molecule is C=COCCCNC(=O)C1COCCN1. The summed E-state index contributed by atoms with van der Waals surface area (Å²) >= 11 is 0. The standard InChI is InChI=1S/C10H18N2O3/c1-2-14-6-3-4-12-10(13)9-8-15-7-5-11-9/h2,9,11H,1,3-8H2,(H,12,13). The van der Waals surface area contributed by atoms with Crippen LogP contribution >= 0.6 is 0 Å². The van der Waals surface area contributed by atoms with E-state index < -0.39 is 0 Å².